The van der Waals surface area contributed by atoms with Crippen molar-refractivity contribution in [3.63, 3.8) is 0 Å². The SMILES string of the molecule is CCOc1ccc(S(=O)(=O)N/N=C\c2c(-c3ccccc3)n(-c3ccccc3)c3ccccc23)cc1. The van der Waals surface area contributed by atoms with Crippen molar-refractivity contribution in [2.45, 2.75) is 11.8 Å². The van der Waals surface area contributed by atoms with Crippen LogP contribution in [0.3, 0.4) is 0 Å². The molecule has 0 unspecified atom stereocenters. The Labute approximate surface area is 210 Å². The van der Waals surface area contributed by atoms with Crippen molar-refractivity contribution in [3.8, 4) is 22.7 Å². The third-order valence-corrected chi connectivity index (χ3v) is 7.03. The molecule has 36 heavy (non-hydrogen) atoms. The summed E-state index contributed by atoms with van der Waals surface area (Å²) in [4.78, 5) is 2.47. The molecule has 0 aliphatic carbocycles. The number of nitrogens with one attached hydrogen (secondary N) is 1. The molecule has 0 fully saturated rings. The molecule has 0 spiro atoms. The Balaban J connectivity index is 1.59. The number of nitrogens with zero attached hydrogens (tertiary/aromatic N) is 2. The van der Waals surface area contributed by atoms with Gasteiger partial charge in [0.1, 0.15) is 5.75 Å². The van der Waals surface area contributed by atoms with Crippen molar-refractivity contribution in [1.29, 1.82) is 0 Å². The lowest BCUT2D eigenvalue weighted by atomic mass is 10.1. The number of hydrogen-bond acceptors (Lipinski definition) is 4. The molecule has 0 saturated carbocycles. The molecule has 4 aromatic carbocycles. The molecule has 1 N–H and O–H groups in total. The number of benzene rings is 4. The number of rotatable bonds is 8. The number of sulfonamides is 1. The van der Waals surface area contributed by atoms with E-state index in [9.17, 15) is 8.42 Å². The molecular formula is C29H25N3O3S. The third-order valence-electron chi connectivity index (χ3n) is 5.79. The van der Waals surface area contributed by atoms with Crippen LogP contribution < -0.4 is 9.57 Å². The molecule has 0 bridgehead atoms. The normalized spacial score (nSPS) is 11.7. The van der Waals surface area contributed by atoms with Gasteiger partial charge in [0.25, 0.3) is 10.0 Å². The van der Waals surface area contributed by atoms with Crippen LogP contribution >= 0.6 is 0 Å². The van der Waals surface area contributed by atoms with Gasteiger partial charge < -0.3 is 9.30 Å². The number of ether oxygens (including phenoxy) is 1. The van der Waals surface area contributed by atoms with Gasteiger partial charge >= 0.3 is 0 Å². The molecular weight excluding hydrogens is 470 g/mol. The summed E-state index contributed by atoms with van der Waals surface area (Å²) < 4.78 is 33.3. The van der Waals surface area contributed by atoms with Crippen LogP contribution in [0.1, 0.15) is 12.5 Å². The number of fused-ring (bicyclic) bond motifs is 1. The Morgan fingerprint density at radius 2 is 1.47 bits per heavy atom. The number of para-hydroxylation sites is 2. The molecule has 1 aromatic heterocycles. The van der Waals surface area contributed by atoms with E-state index >= 15 is 0 Å². The monoisotopic (exact) mass is 495 g/mol. The van der Waals surface area contributed by atoms with E-state index in [0.29, 0.717) is 12.4 Å². The minimum absolute atomic E-state index is 0.109. The lowest BCUT2D eigenvalue weighted by Gasteiger charge is -2.12. The Morgan fingerprint density at radius 1 is 0.833 bits per heavy atom. The molecule has 0 atom stereocenters. The fraction of sp³-hybridized carbons (Fsp3) is 0.0690. The zero-order valence-electron chi connectivity index (χ0n) is 19.7. The highest BCUT2D eigenvalue weighted by Gasteiger charge is 2.19. The first-order valence-electron chi connectivity index (χ1n) is 11.6. The summed E-state index contributed by atoms with van der Waals surface area (Å²) in [6, 6.07) is 34.4. The Hall–Kier alpha value is -4.36. The average Bonchev–Trinajstić information content (AvgIpc) is 3.24. The average molecular weight is 496 g/mol. The second kappa shape index (κ2) is 10.1. The fourth-order valence-corrected chi connectivity index (χ4v) is 5.01. The Kier molecular flexibility index (Phi) is 6.56. The van der Waals surface area contributed by atoms with Crippen molar-refractivity contribution < 1.29 is 13.2 Å². The zero-order valence-corrected chi connectivity index (χ0v) is 20.5. The first-order chi connectivity index (χ1) is 17.6. The van der Waals surface area contributed by atoms with E-state index in [2.05, 4.69) is 32.7 Å². The molecule has 0 aliphatic heterocycles. The van der Waals surface area contributed by atoms with Crippen LogP contribution in [0.5, 0.6) is 5.75 Å². The first kappa shape index (κ1) is 23.4. The molecule has 180 valence electrons. The Bertz CT molecular complexity index is 1610. The van der Waals surface area contributed by atoms with Gasteiger partial charge in [-0.05, 0) is 55.0 Å². The van der Waals surface area contributed by atoms with Gasteiger partial charge in [0.15, 0.2) is 0 Å². The maximum absolute atomic E-state index is 12.9. The van der Waals surface area contributed by atoms with Crippen molar-refractivity contribution in [2.75, 3.05) is 6.61 Å². The summed E-state index contributed by atoms with van der Waals surface area (Å²) in [6.07, 6.45) is 1.58. The van der Waals surface area contributed by atoms with Gasteiger partial charge in [0, 0.05) is 16.6 Å². The fourth-order valence-electron chi connectivity index (χ4n) is 4.22. The summed E-state index contributed by atoms with van der Waals surface area (Å²) >= 11 is 0. The number of hydrazone groups is 1. The summed E-state index contributed by atoms with van der Waals surface area (Å²) in [7, 11) is -3.85. The van der Waals surface area contributed by atoms with Gasteiger partial charge in [-0.25, -0.2) is 4.83 Å². The number of aromatic nitrogens is 1. The summed E-state index contributed by atoms with van der Waals surface area (Å²) in [5, 5.41) is 5.15. The predicted octanol–water partition coefficient (Wildman–Crippen LogP) is 6.01. The minimum Gasteiger partial charge on any atom is -0.494 e. The largest absolute Gasteiger partial charge is 0.494 e. The van der Waals surface area contributed by atoms with Crippen molar-refractivity contribution in [2.24, 2.45) is 5.10 Å². The molecule has 0 aliphatic rings. The molecule has 0 amide bonds. The highest BCUT2D eigenvalue weighted by atomic mass is 32.2. The maximum Gasteiger partial charge on any atom is 0.276 e. The maximum atomic E-state index is 12.9. The highest BCUT2D eigenvalue weighted by molar-refractivity contribution is 7.89. The third kappa shape index (κ3) is 4.61. The molecule has 0 saturated heterocycles. The van der Waals surface area contributed by atoms with Gasteiger partial charge in [-0.15, -0.1) is 0 Å². The summed E-state index contributed by atoms with van der Waals surface area (Å²) in [5.41, 5.74) is 4.73. The quantitative estimate of drug-likeness (QED) is 0.212. The van der Waals surface area contributed by atoms with Crippen LogP contribution in [0.2, 0.25) is 0 Å². The van der Waals surface area contributed by atoms with Gasteiger partial charge in [-0.1, -0.05) is 66.7 Å². The zero-order chi connectivity index (χ0) is 25.0. The van der Waals surface area contributed by atoms with E-state index in [-0.39, 0.29) is 4.90 Å². The van der Waals surface area contributed by atoms with Gasteiger partial charge in [0.05, 0.1) is 28.9 Å². The van der Waals surface area contributed by atoms with Crippen LogP contribution in [0.4, 0.5) is 0 Å². The topological polar surface area (TPSA) is 72.7 Å². The second-order valence-corrected chi connectivity index (χ2v) is 9.73. The minimum atomic E-state index is -3.85. The van der Waals surface area contributed by atoms with E-state index in [1.807, 2.05) is 73.7 Å². The highest BCUT2D eigenvalue weighted by Crippen LogP contribution is 2.35. The van der Waals surface area contributed by atoms with Crippen molar-refractivity contribution in [3.05, 3.63) is 115 Å². The van der Waals surface area contributed by atoms with Crippen LogP contribution in [0.15, 0.2) is 119 Å². The lowest BCUT2D eigenvalue weighted by Crippen LogP contribution is -2.18. The van der Waals surface area contributed by atoms with E-state index in [1.165, 1.54) is 12.1 Å². The van der Waals surface area contributed by atoms with Gasteiger partial charge in [-0.3, -0.25) is 0 Å². The standard InChI is InChI=1S/C29H25N3O3S/c1-2-35-24-17-19-25(20-18-24)36(33,34)31-30-21-27-26-15-9-10-16-28(26)32(23-13-7-4-8-14-23)29(27)22-11-5-3-6-12-22/h3-21,31H,2H2,1H3/b30-21-. The Morgan fingerprint density at radius 3 is 2.17 bits per heavy atom. The lowest BCUT2D eigenvalue weighted by molar-refractivity contribution is 0.340. The molecule has 7 heteroatoms. The number of hydrogen-bond donors (Lipinski definition) is 1. The molecule has 0 radical (unpaired) electrons. The van der Waals surface area contributed by atoms with Crippen LogP contribution in [-0.4, -0.2) is 25.8 Å². The molecule has 5 aromatic rings. The van der Waals surface area contributed by atoms with Crippen molar-refractivity contribution in [1.82, 2.24) is 9.40 Å². The van der Waals surface area contributed by atoms with Gasteiger partial charge in [0.2, 0.25) is 0 Å². The second-order valence-electron chi connectivity index (χ2n) is 8.07. The van der Waals surface area contributed by atoms with Crippen molar-refractivity contribution >= 4 is 27.1 Å². The summed E-state index contributed by atoms with van der Waals surface area (Å²) in [5.74, 6) is 0.612. The smallest absolute Gasteiger partial charge is 0.276 e. The van der Waals surface area contributed by atoms with E-state index in [1.54, 1.807) is 18.3 Å². The molecule has 5 rings (SSSR count). The molecule has 6 nitrogen and oxygen atoms in total. The van der Waals surface area contributed by atoms with Gasteiger partial charge in [-0.2, -0.15) is 13.5 Å². The summed E-state index contributed by atoms with van der Waals surface area (Å²) in [6.45, 7) is 2.38. The van der Waals surface area contributed by atoms with E-state index < -0.39 is 10.0 Å². The van der Waals surface area contributed by atoms with E-state index in [0.717, 1.165) is 33.4 Å². The van der Waals surface area contributed by atoms with E-state index in [4.69, 9.17) is 4.74 Å². The van der Waals surface area contributed by atoms with Crippen LogP contribution in [0.25, 0.3) is 27.8 Å². The predicted molar refractivity (Wildman–Crippen MR) is 144 cm³/mol. The first-order valence-corrected chi connectivity index (χ1v) is 13.1. The molecule has 1 heterocycles. The van der Waals surface area contributed by atoms with Crippen LogP contribution in [-0.2, 0) is 10.0 Å². The van der Waals surface area contributed by atoms with Crippen LogP contribution in [0, 0.1) is 0 Å².